The fourth-order valence-electron chi connectivity index (χ4n) is 2.50. The highest BCUT2D eigenvalue weighted by molar-refractivity contribution is 6.31. The number of aromatic hydroxyl groups is 1. The molecule has 0 atom stereocenters. The van der Waals surface area contributed by atoms with Crippen LogP contribution in [0.1, 0.15) is 16.8 Å². The number of aromatic nitrogens is 2. The number of aryl methyl sites for hydroxylation is 1. The molecule has 0 aliphatic heterocycles. The maximum atomic E-state index is 12.5. The summed E-state index contributed by atoms with van der Waals surface area (Å²) >= 11 is 5.89. The standard InChI is InChI=1S/C18H16ClN3O4/c1-26-17(24)7-8-22-10-13-14(3-2-4-15(13)21-22)20-18(25)12-9-11(19)5-6-16(12)23/h2-6,9-10,23H,7-8H2,1H3,(H,20,25). The fourth-order valence-corrected chi connectivity index (χ4v) is 2.68. The molecule has 1 aromatic heterocycles. The van der Waals surface area contributed by atoms with Crippen molar-refractivity contribution in [1.29, 1.82) is 0 Å². The van der Waals surface area contributed by atoms with Gasteiger partial charge in [-0.1, -0.05) is 17.7 Å². The predicted molar refractivity (Wildman–Crippen MR) is 97.4 cm³/mol. The number of hydrogen-bond acceptors (Lipinski definition) is 5. The molecule has 0 saturated heterocycles. The maximum Gasteiger partial charge on any atom is 0.307 e. The van der Waals surface area contributed by atoms with E-state index >= 15 is 0 Å². The molecule has 3 rings (SSSR count). The van der Waals surface area contributed by atoms with Gasteiger partial charge in [0.25, 0.3) is 5.91 Å². The number of amides is 1. The van der Waals surface area contributed by atoms with Crippen LogP contribution in [-0.2, 0) is 16.1 Å². The number of hydrogen-bond donors (Lipinski definition) is 2. The van der Waals surface area contributed by atoms with Crippen LogP contribution in [0, 0.1) is 0 Å². The Kier molecular flexibility index (Phi) is 5.09. The van der Waals surface area contributed by atoms with E-state index in [1.165, 1.54) is 25.3 Å². The molecule has 3 aromatic rings. The normalized spacial score (nSPS) is 10.7. The summed E-state index contributed by atoms with van der Waals surface area (Å²) < 4.78 is 6.24. The maximum absolute atomic E-state index is 12.5. The number of anilines is 1. The first-order valence-electron chi connectivity index (χ1n) is 7.81. The smallest absolute Gasteiger partial charge is 0.307 e. The lowest BCUT2D eigenvalue weighted by Crippen LogP contribution is -2.12. The molecule has 0 aliphatic carbocycles. The molecule has 0 aliphatic rings. The zero-order valence-electron chi connectivity index (χ0n) is 13.9. The van der Waals surface area contributed by atoms with Crippen molar-refractivity contribution in [2.24, 2.45) is 0 Å². The second kappa shape index (κ2) is 7.45. The number of methoxy groups -OCH3 is 1. The molecule has 0 spiro atoms. The molecule has 0 saturated carbocycles. The van der Waals surface area contributed by atoms with Crippen molar-refractivity contribution in [3.8, 4) is 5.75 Å². The minimum absolute atomic E-state index is 0.0765. The summed E-state index contributed by atoms with van der Waals surface area (Å²) in [7, 11) is 1.33. The molecule has 2 aromatic carbocycles. The van der Waals surface area contributed by atoms with Crippen molar-refractivity contribution in [3.05, 3.63) is 53.2 Å². The number of fused-ring (bicyclic) bond motifs is 1. The first-order chi connectivity index (χ1) is 12.5. The van der Waals surface area contributed by atoms with Gasteiger partial charge in [0, 0.05) is 16.6 Å². The van der Waals surface area contributed by atoms with Crippen molar-refractivity contribution in [2.45, 2.75) is 13.0 Å². The number of rotatable bonds is 5. The third-order valence-corrected chi connectivity index (χ3v) is 4.06. The fraction of sp³-hybridized carbons (Fsp3) is 0.167. The summed E-state index contributed by atoms with van der Waals surface area (Å²) in [4.78, 5) is 23.7. The molecule has 7 nitrogen and oxygen atoms in total. The van der Waals surface area contributed by atoms with Gasteiger partial charge in [-0.25, -0.2) is 0 Å². The van der Waals surface area contributed by atoms with Crippen LogP contribution < -0.4 is 5.32 Å². The van der Waals surface area contributed by atoms with Gasteiger partial charge in [0.2, 0.25) is 0 Å². The molecule has 26 heavy (non-hydrogen) atoms. The SMILES string of the molecule is COC(=O)CCn1cc2c(NC(=O)c3cc(Cl)ccc3O)cccc2n1. The number of nitrogens with zero attached hydrogens (tertiary/aromatic N) is 2. The van der Waals surface area contributed by atoms with E-state index in [0.29, 0.717) is 28.2 Å². The summed E-state index contributed by atoms with van der Waals surface area (Å²) in [5.74, 6) is -0.970. The van der Waals surface area contributed by atoms with E-state index < -0.39 is 5.91 Å². The van der Waals surface area contributed by atoms with Gasteiger partial charge in [0.1, 0.15) is 5.75 Å². The summed E-state index contributed by atoms with van der Waals surface area (Å²) in [6, 6.07) is 9.55. The Bertz CT molecular complexity index is 984. The Labute approximate surface area is 154 Å². The van der Waals surface area contributed by atoms with Crippen LogP contribution in [0.5, 0.6) is 5.75 Å². The quantitative estimate of drug-likeness (QED) is 0.670. The Balaban J connectivity index is 1.85. The Morgan fingerprint density at radius 2 is 2.12 bits per heavy atom. The van der Waals surface area contributed by atoms with Crippen LogP contribution in [-0.4, -0.2) is 33.9 Å². The van der Waals surface area contributed by atoms with Gasteiger partial charge >= 0.3 is 5.97 Å². The highest BCUT2D eigenvalue weighted by Crippen LogP contribution is 2.26. The monoisotopic (exact) mass is 373 g/mol. The van der Waals surface area contributed by atoms with Crippen LogP contribution >= 0.6 is 11.6 Å². The average Bonchev–Trinajstić information content (AvgIpc) is 3.05. The van der Waals surface area contributed by atoms with Crippen LogP contribution in [0.4, 0.5) is 5.69 Å². The lowest BCUT2D eigenvalue weighted by Gasteiger charge is -2.08. The van der Waals surface area contributed by atoms with E-state index in [1.807, 2.05) is 0 Å². The van der Waals surface area contributed by atoms with Gasteiger partial charge in [0.05, 0.1) is 36.8 Å². The van der Waals surface area contributed by atoms with Gasteiger partial charge in [-0.3, -0.25) is 14.3 Å². The molecule has 2 N–H and O–H groups in total. The number of benzene rings is 2. The van der Waals surface area contributed by atoms with E-state index in [1.54, 1.807) is 29.1 Å². The molecule has 0 unspecified atom stereocenters. The van der Waals surface area contributed by atoms with E-state index in [-0.39, 0.29) is 23.7 Å². The third-order valence-electron chi connectivity index (χ3n) is 3.82. The zero-order valence-corrected chi connectivity index (χ0v) is 14.7. The van der Waals surface area contributed by atoms with Crippen molar-refractivity contribution in [2.75, 3.05) is 12.4 Å². The van der Waals surface area contributed by atoms with E-state index in [2.05, 4.69) is 15.2 Å². The van der Waals surface area contributed by atoms with Gasteiger partial charge in [0.15, 0.2) is 0 Å². The Morgan fingerprint density at radius 3 is 2.88 bits per heavy atom. The van der Waals surface area contributed by atoms with Crippen LogP contribution in [0.3, 0.4) is 0 Å². The van der Waals surface area contributed by atoms with E-state index in [9.17, 15) is 14.7 Å². The minimum atomic E-state index is -0.486. The molecule has 1 amide bonds. The first kappa shape index (κ1) is 17.8. The number of ether oxygens (including phenoxy) is 1. The van der Waals surface area contributed by atoms with Crippen LogP contribution in [0.15, 0.2) is 42.6 Å². The molecule has 0 bridgehead atoms. The number of carbonyl (C=O) groups excluding carboxylic acids is 2. The summed E-state index contributed by atoms with van der Waals surface area (Å²) in [5.41, 5.74) is 1.28. The molecule has 0 radical (unpaired) electrons. The summed E-state index contributed by atoms with van der Waals surface area (Å²) in [6.07, 6.45) is 1.94. The molecular weight excluding hydrogens is 358 g/mol. The van der Waals surface area contributed by atoms with Crippen molar-refractivity contribution in [1.82, 2.24) is 9.78 Å². The van der Waals surface area contributed by atoms with Crippen molar-refractivity contribution >= 4 is 40.1 Å². The molecule has 1 heterocycles. The topological polar surface area (TPSA) is 93.5 Å². The largest absolute Gasteiger partial charge is 0.507 e. The highest BCUT2D eigenvalue weighted by Gasteiger charge is 2.14. The van der Waals surface area contributed by atoms with Crippen LogP contribution in [0.25, 0.3) is 10.9 Å². The number of phenolic OH excluding ortho intramolecular Hbond substituents is 1. The molecular formula is C18H16ClN3O4. The number of halogens is 1. The second-order valence-electron chi connectivity index (χ2n) is 5.57. The number of esters is 1. The van der Waals surface area contributed by atoms with Gasteiger partial charge < -0.3 is 15.2 Å². The predicted octanol–water partition coefficient (Wildman–Crippen LogP) is 3.21. The third kappa shape index (κ3) is 3.78. The highest BCUT2D eigenvalue weighted by atomic mass is 35.5. The van der Waals surface area contributed by atoms with Gasteiger partial charge in [-0.05, 0) is 30.3 Å². The lowest BCUT2D eigenvalue weighted by atomic mass is 10.1. The average molecular weight is 374 g/mol. The first-order valence-corrected chi connectivity index (χ1v) is 8.18. The van der Waals surface area contributed by atoms with Gasteiger partial charge in [-0.2, -0.15) is 5.10 Å². The minimum Gasteiger partial charge on any atom is -0.507 e. The van der Waals surface area contributed by atoms with Crippen molar-refractivity contribution < 1.29 is 19.4 Å². The molecule has 0 fully saturated rings. The number of nitrogens with one attached hydrogen (secondary N) is 1. The Hall–Kier alpha value is -3.06. The molecule has 8 heteroatoms. The van der Waals surface area contributed by atoms with Crippen LogP contribution in [0.2, 0.25) is 5.02 Å². The second-order valence-corrected chi connectivity index (χ2v) is 6.01. The summed E-state index contributed by atoms with van der Waals surface area (Å²) in [5, 5.41) is 18.1. The Morgan fingerprint density at radius 1 is 1.31 bits per heavy atom. The van der Waals surface area contributed by atoms with Crippen molar-refractivity contribution in [3.63, 3.8) is 0 Å². The van der Waals surface area contributed by atoms with E-state index in [0.717, 1.165) is 0 Å². The van der Waals surface area contributed by atoms with E-state index in [4.69, 9.17) is 11.6 Å². The summed E-state index contributed by atoms with van der Waals surface area (Å²) in [6.45, 7) is 0.365. The zero-order chi connectivity index (χ0) is 18.7. The number of carbonyl (C=O) groups is 2. The number of phenols is 1. The van der Waals surface area contributed by atoms with Gasteiger partial charge in [-0.15, -0.1) is 0 Å². The lowest BCUT2D eigenvalue weighted by molar-refractivity contribution is -0.140. The molecule has 134 valence electrons.